The minimum absolute atomic E-state index is 0.0297. The molecule has 8 heteroatoms. The van der Waals surface area contributed by atoms with Gasteiger partial charge in [-0.15, -0.1) is 10.2 Å². The number of hydrogen-bond acceptors (Lipinski definition) is 6. The van der Waals surface area contributed by atoms with E-state index in [9.17, 15) is 4.79 Å². The van der Waals surface area contributed by atoms with Crippen molar-refractivity contribution in [1.29, 1.82) is 0 Å². The summed E-state index contributed by atoms with van der Waals surface area (Å²) in [5.41, 5.74) is 2.21. The fourth-order valence-corrected chi connectivity index (χ4v) is 2.76. The molecule has 0 radical (unpaired) electrons. The minimum atomic E-state index is -0.0297. The lowest BCUT2D eigenvalue weighted by Gasteiger charge is -2.13. The number of hydrogen-bond donors (Lipinski definition) is 1. The third kappa shape index (κ3) is 5.54. The van der Waals surface area contributed by atoms with Crippen molar-refractivity contribution < 1.29 is 9.53 Å². The Balaban J connectivity index is 1.76. The molecule has 1 heterocycles. The largest absolute Gasteiger partial charge is 0.383 e. The molecular weight excluding hydrogens is 326 g/mol. The molecule has 24 heavy (non-hydrogen) atoms. The van der Waals surface area contributed by atoms with Crippen molar-refractivity contribution in [2.45, 2.75) is 18.2 Å². The molecule has 0 atom stereocenters. The van der Waals surface area contributed by atoms with Crippen molar-refractivity contribution in [3.8, 4) is 0 Å². The maximum Gasteiger partial charge on any atom is 0.230 e. The van der Waals surface area contributed by atoms with E-state index in [2.05, 4.69) is 15.5 Å². The molecule has 0 fully saturated rings. The predicted molar refractivity (Wildman–Crippen MR) is 95.2 cm³/mol. The summed E-state index contributed by atoms with van der Waals surface area (Å²) in [7, 11) is 5.65. The zero-order valence-electron chi connectivity index (χ0n) is 14.2. The molecule has 0 bridgehead atoms. The van der Waals surface area contributed by atoms with Gasteiger partial charge in [-0.05, 0) is 17.7 Å². The summed E-state index contributed by atoms with van der Waals surface area (Å²) in [6, 6.07) is 8.11. The number of benzene rings is 1. The molecule has 0 aliphatic rings. The molecule has 0 unspecified atom stereocenters. The van der Waals surface area contributed by atoms with Crippen LogP contribution in [-0.2, 0) is 22.6 Å². The second-order valence-electron chi connectivity index (χ2n) is 5.43. The van der Waals surface area contributed by atoms with Crippen LogP contribution in [-0.4, -0.2) is 54.2 Å². The molecule has 7 nitrogen and oxygen atoms in total. The highest BCUT2D eigenvalue weighted by molar-refractivity contribution is 7.99. The van der Waals surface area contributed by atoms with Crippen LogP contribution in [0.5, 0.6) is 0 Å². The molecule has 0 spiro atoms. The van der Waals surface area contributed by atoms with Crippen LogP contribution in [0.25, 0.3) is 0 Å². The molecule has 1 aromatic carbocycles. The summed E-state index contributed by atoms with van der Waals surface area (Å²) in [5.74, 6) is 0.277. The van der Waals surface area contributed by atoms with Crippen LogP contribution in [0, 0.1) is 0 Å². The van der Waals surface area contributed by atoms with E-state index < -0.39 is 0 Å². The molecule has 1 amide bonds. The number of nitrogens with one attached hydrogen (secondary N) is 1. The second kappa shape index (κ2) is 9.29. The van der Waals surface area contributed by atoms with E-state index in [1.165, 1.54) is 11.8 Å². The average molecular weight is 349 g/mol. The van der Waals surface area contributed by atoms with Gasteiger partial charge in [0.25, 0.3) is 0 Å². The third-order valence-corrected chi connectivity index (χ3v) is 4.37. The molecule has 1 N–H and O–H groups in total. The number of rotatable bonds is 9. The van der Waals surface area contributed by atoms with Crippen molar-refractivity contribution in [2.75, 3.05) is 38.5 Å². The van der Waals surface area contributed by atoms with Crippen LogP contribution in [0.2, 0.25) is 0 Å². The Morgan fingerprint density at radius 2 is 2.08 bits per heavy atom. The van der Waals surface area contributed by atoms with E-state index in [0.29, 0.717) is 25.4 Å². The SMILES string of the molecule is COCCn1cnnc1SCC(=O)NCc1ccc(N(C)C)cc1. The van der Waals surface area contributed by atoms with Crippen LogP contribution in [0.1, 0.15) is 5.56 Å². The van der Waals surface area contributed by atoms with E-state index in [1.807, 2.05) is 47.8 Å². The van der Waals surface area contributed by atoms with Gasteiger partial charge in [0.1, 0.15) is 6.33 Å². The maximum absolute atomic E-state index is 12.0. The normalized spacial score (nSPS) is 10.6. The Morgan fingerprint density at radius 1 is 1.33 bits per heavy atom. The van der Waals surface area contributed by atoms with Gasteiger partial charge in [-0.2, -0.15) is 0 Å². The Hall–Kier alpha value is -2.06. The first-order valence-electron chi connectivity index (χ1n) is 7.62. The van der Waals surface area contributed by atoms with E-state index in [1.54, 1.807) is 13.4 Å². The van der Waals surface area contributed by atoms with Gasteiger partial charge in [0.2, 0.25) is 5.91 Å². The van der Waals surface area contributed by atoms with E-state index in [-0.39, 0.29) is 5.91 Å². The van der Waals surface area contributed by atoms with Gasteiger partial charge in [-0.1, -0.05) is 23.9 Å². The number of aromatic nitrogens is 3. The van der Waals surface area contributed by atoms with Crippen molar-refractivity contribution in [3.63, 3.8) is 0 Å². The number of ether oxygens (including phenoxy) is 1. The summed E-state index contributed by atoms with van der Waals surface area (Å²) >= 11 is 1.37. The first-order valence-corrected chi connectivity index (χ1v) is 8.61. The fraction of sp³-hybridized carbons (Fsp3) is 0.438. The average Bonchev–Trinajstić information content (AvgIpc) is 3.04. The molecule has 1 aromatic heterocycles. The Bertz CT molecular complexity index is 642. The van der Waals surface area contributed by atoms with Crippen LogP contribution in [0.4, 0.5) is 5.69 Å². The second-order valence-corrected chi connectivity index (χ2v) is 6.37. The number of carbonyl (C=O) groups excluding carboxylic acids is 1. The predicted octanol–water partition coefficient (Wildman–Crippen LogP) is 1.40. The number of amides is 1. The number of anilines is 1. The van der Waals surface area contributed by atoms with E-state index >= 15 is 0 Å². The zero-order valence-corrected chi connectivity index (χ0v) is 15.0. The van der Waals surface area contributed by atoms with Crippen molar-refractivity contribution >= 4 is 23.4 Å². The van der Waals surface area contributed by atoms with Crippen LogP contribution in [0.15, 0.2) is 35.7 Å². The first-order chi connectivity index (χ1) is 11.6. The van der Waals surface area contributed by atoms with Gasteiger partial charge in [0.05, 0.1) is 12.4 Å². The van der Waals surface area contributed by atoms with Gasteiger partial charge < -0.3 is 19.5 Å². The van der Waals surface area contributed by atoms with Gasteiger partial charge in [0, 0.05) is 40.0 Å². The highest BCUT2D eigenvalue weighted by Crippen LogP contribution is 2.15. The monoisotopic (exact) mass is 349 g/mol. The number of nitrogens with zero attached hydrogens (tertiary/aromatic N) is 4. The quantitative estimate of drug-likeness (QED) is 0.690. The molecular formula is C16H23N5O2S. The lowest BCUT2D eigenvalue weighted by molar-refractivity contribution is -0.118. The summed E-state index contributed by atoms with van der Waals surface area (Å²) in [6.45, 7) is 1.77. The number of thioether (sulfide) groups is 1. The highest BCUT2D eigenvalue weighted by atomic mass is 32.2. The topological polar surface area (TPSA) is 72.3 Å². The Kier molecular flexibility index (Phi) is 7.07. The van der Waals surface area contributed by atoms with Gasteiger partial charge in [-0.3, -0.25) is 4.79 Å². The standard InChI is InChI=1S/C16H23N5O2S/c1-20(2)14-6-4-13(5-7-14)10-17-15(22)11-24-16-19-18-12-21(16)8-9-23-3/h4-7,12H,8-11H2,1-3H3,(H,17,22). The van der Waals surface area contributed by atoms with E-state index in [4.69, 9.17) is 4.74 Å². The zero-order chi connectivity index (χ0) is 17.4. The molecule has 0 aliphatic heterocycles. The minimum Gasteiger partial charge on any atom is -0.383 e. The summed E-state index contributed by atoms with van der Waals surface area (Å²) < 4.78 is 6.91. The maximum atomic E-state index is 12.0. The lowest BCUT2D eigenvalue weighted by atomic mass is 10.2. The van der Waals surface area contributed by atoms with Gasteiger partial charge >= 0.3 is 0 Å². The third-order valence-electron chi connectivity index (χ3n) is 3.39. The highest BCUT2D eigenvalue weighted by Gasteiger charge is 2.08. The van der Waals surface area contributed by atoms with Crippen LogP contribution < -0.4 is 10.2 Å². The summed E-state index contributed by atoms with van der Waals surface area (Å²) in [5, 5.41) is 11.5. The van der Waals surface area contributed by atoms with Crippen molar-refractivity contribution in [2.24, 2.45) is 0 Å². The molecule has 0 aliphatic carbocycles. The summed E-state index contributed by atoms with van der Waals surface area (Å²) in [4.78, 5) is 14.0. The van der Waals surface area contributed by atoms with Gasteiger partial charge in [0.15, 0.2) is 5.16 Å². The number of methoxy groups -OCH3 is 1. The summed E-state index contributed by atoms with van der Waals surface area (Å²) in [6.07, 6.45) is 1.64. The van der Waals surface area contributed by atoms with Crippen molar-refractivity contribution in [1.82, 2.24) is 20.1 Å². The molecule has 0 saturated heterocycles. The van der Waals surface area contributed by atoms with E-state index in [0.717, 1.165) is 16.4 Å². The van der Waals surface area contributed by atoms with Crippen LogP contribution >= 0.6 is 11.8 Å². The smallest absolute Gasteiger partial charge is 0.230 e. The molecule has 130 valence electrons. The van der Waals surface area contributed by atoms with Crippen molar-refractivity contribution in [3.05, 3.63) is 36.2 Å². The molecule has 0 saturated carbocycles. The lowest BCUT2D eigenvalue weighted by Crippen LogP contribution is -2.24. The molecule has 2 rings (SSSR count). The fourth-order valence-electron chi connectivity index (χ4n) is 1.99. The first kappa shape index (κ1) is 18.3. The Labute approximate surface area is 146 Å². The number of carbonyl (C=O) groups is 1. The Morgan fingerprint density at radius 3 is 2.75 bits per heavy atom. The van der Waals surface area contributed by atoms with Crippen LogP contribution in [0.3, 0.4) is 0 Å². The molecule has 2 aromatic rings. The van der Waals surface area contributed by atoms with Gasteiger partial charge in [-0.25, -0.2) is 0 Å².